The van der Waals surface area contributed by atoms with Crippen molar-refractivity contribution >= 4 is 12.0 Å². The molecule has 1 fully saturated rings. The van der Waals surface area contributed by atoms with Gasteiger partial charge in [0.2, 0.25) is 18.0 Å². The zero-order valence-electron chi connectivity index (χ0n) is 20.8. The summed E-state index contributed by atoms with van der Waals surface area (Å²) in [5, 5.41) is 4.31. The third kappa shape index (κ3) is 4.37. The van der Waals surface area contributed by atoms with E-state index in [1.165, 1.54) is 35.8 Å². The minimum atomic E-state index is -0.988. The van der Waals surface area contributed by atoms with Crippen molar-refractivity contribution in [3.63, 3.8) is 0 Å². The Hall–Kier alpha value is -4.28. The third-order valence-electron chi connectivity index (χ3n) is 6.97. The Morgan fingerprint density at radius 1 is 1.13 bits per heavy atom. The molecule has 0 radical (unpaired) electrons. The van der Waals surface area contributed by atoms with Crippen molar-refractivity contribution in [1.82, 2.24) is 19.6 Å². The molecule has 198 valence electrons. The quantitative estimate of drug-likeness (QED) is 0.458. The van der Waals surface area contributed by atoms with Gasteiger partial charge in [0.15, 0.2) is 17.3 Å². The van der Waals surface area contributed by atoms with Crippen molar-refractivity contribution in [1.29, 1.82) is 0 Å². The summed E-state index contributed by atoms with van der Waals surface area (Å²) in [4.78, 5) is 41.1. The van der Waals surface area contributed by atoms with Crippen LogP contribution in [0.15, 0.2) is 59.5 Å². The van der Waals surface area contributed by atoms with E-state index in [-0.39, 0.29) is 17.0 Å². The predicted octanol–water partition coefficient (Wildman–Crippen LogP) is 3.55. The molecule has 9 nitrogen and oxygen atoms in total. The molecular weight excluding hydrogens is 498 g/mol. The lowest BCUT2D eigenvalue weighted by molar-refractivity contribution is 0.0374. The highest BCUT2D eigenvalue weighted by Crippen LogP contribution is 2.46. The second kappa shape index (κ2) is 10.2. The number of benzene rings is 2. The van der Waals surface area contributed by atoms with Crippen LogP contribution in [0.25, 0.3) is 0 Å². The van der Waals surface area contributed by atoms with Crippen molar-refractivity contribution in [3.8, 4) is 5.75 Å². The minimum absolute atomic E-state index is 0.108. The van der Waals surface area contributed by atoms with E-state index in [0.29, 0.717) is 24.9 Å². The lowest BCUT2D eigenvalue weighted by Crippen LogP contribution is -2.51. The second-order valence-corrected chi connectivity index (χ2v) is 9.43. The Balaban J connectivity index is 1.68. The lowest BCUT2D eigenvalue weighted by Gasteiger charge is -2.42. The maximum absolute atomic E-state index is 15.3. The Labute approximate surface area is 217 Å². The van der Waals surface area contributed by atoms with Crippen LogP contribution < -0.4 is 10.2 Å². The van der Waals surface area contributed by atoms with E-state index < -0.39 is 53.9 Å². The summed E-state index contributed by atoms with van der Waals surface area (Å²) < 4.78 is 41.7. The molecule has 0 unspecified atom stereocenters. The van der Waals surface area contributed by atoms with Crippen LogP contribution in [0.1, 0.15) is 46.4 Å². The first-order chi connectivity index (χ1) is 18.3. The molecule has 1 aromatic heterocycles. The zero-order chi connectivity index (χ0) is 27.0. The molecular formula is C27H26F2N4O5. The van der Waals surface area contributed by atoms with Crippen LogP contribution in [0.3, 0.4) is 0 Å². The largest absolute Gasteiger partial charge is 0.451 e. The monoisotopic (exact) mass is 524 g/mol. The highest BCUT2D eigenvalue weighted by atomic mass is 19.2. The van der Waals surface area contributed by atoms with Crippen molar-refractivity contribution in [3.05, 3.63) is 93.4 Å². The van der Waals surface area contributed by atoms with Gasteiger partial charge in [-0.1, -0.05) is 42.5 Å². The minimum Gasteiger partial charge on any atom is -0.451 e. The lowest BCUT2D eigenvalue weighted by atomic mass is 9.79. The highest BCUT2D eigenvalue weighted by molar-refractivity contribution is 5.96. The van der Waals surface area contributed by atoms with E-state index in [2.05, 4.69) is 5.10 Å². The number of nitrogens with zero attached hydrogens (tertiary/aromatic N) is 4. The number of ether oxygens (including phenoxy) is 2. The number of hydrogen-bond acceptors (Lipinski definition) is 6. The third-order valence-corrected chi connectivity index (χ3v) is 6.97. The normalized spacial score (nSPS) is 18.9. The van der Waals surface area contributed by atoms with E-state index in [0.717, 1.165) is 12.3 Å². The number of halogens is 2. The molecule has 2 aromatic carbocycles. The van der Waals surface area contributed by atoms with Gasteiger partial charge < -0.3 is 19.3 Å². The Morgan fingerprint density at radius 2 is 1.89 bits per heavy atom. The van der Waals surface area contributed by atoms with Crippen LogP contribution in [0, 0.1) is 11.6 Å². The Kier molecular flexibility index (Phi) is 6.83. The molecule has 2 aliphatic heterocycles. The number of fused-ring (bicyclic) bond motifs is 2. The van der Waals surface area contributed by atoms with Crippen LogP contribution in [-0.4, -0.2) is 65.1 Å². The number of aromatic nitrogens is 2. The standard InChI is InChI=1S/C27H26F2N4O5/c1-31(2)27(36)38-15-37-25-20(34)14-30-33-23(19-12-7-13-32(19)26(35)24(25)33)21(16-8-4-3-5-9-16)17-10-6-11-18(28)22(17)29/h3-6,8-11,14,19,21,23H,7,12-13,15H2,1-2H3/t19-,21-,23-/m1/s1. The van der Waals surface area contributed by atoms with Crippen LogP contribution in [0.2, 0.25) is 0 Å². The van der Waals surface area contributed by atoms with Crippen LogP contribution in [0.5, 0.6) is 5.75 Å². The van der Waals surface area contributed by atoms with Gasteiger partial charge in [-0.25, -0.2) is 13.6 Å². The van der Waals surface area contributed by atoms with Gasteiger partial charge in [-0.3, -0.25) is 14.3 Å². The van der Waals surface area contributed by atoms with E-state index >= 15 is 4.39 Å². The van der Waals surface area contributed by atoms with Crippen LogP contribution in [-0.2, 0) is 4.74 Å². The summed E-state index contributed by atoms with van der Waals surface area (Å²) in [5.74, 6) is -3.51. The summed E-state index contributed by atoms with van der Waals surface area (Å²) in [5.41, 5.74) is 0.00245. The summed E-state index contributed by atoms with van der Waals surface area (Å²) in [6.45, 7) is -0.184. The van der Waals surface area contributed by atoms with Crippen LogP contribution in [0.4, 0.5) is 13.6 Å². The molecule has 38 heavy (non-hydrogen) atoms. The first-order valence-corrected chi connectivity index (χ1v) is 12.2. The van der Waals surface area contributed by atoms with Crippen molar-refractivity contribution in [2.75, 3.05) is 27.4 Å². The van der Waals surface area contributed by atoms with Crippen molar-refractivity contribution < 1.29 is 27.8 Å². The van der Waals surface area contributed by atoms with Gasteiger partial charge in [-0.05, 0) is 24.5 Å². The van der Waals surface area contributed by atoms with Gasteiger partial charge in [0, 0.05) is 32.1 Å². The van der Waals surface area contributed by atoms with Gasteiger partial charge in [-0.15, -0.1) is 0 Å². The maximum atomic E-state index is 15.3. The molecule has 3 atom stereocenters. The van der Waals surface area contributed by atoms with Gasteiger partial charge >= 0.3 is 6.09 Å². The molecule has 2 aliphatic rings. The van der Waals surface area contributed by atoms with E-state index in [1.54, 1.807) is 17.0 Å². The van der Waals surface area contributed by atoms with E-state index in [4.69, 9.17) is 9.47 Å². The fraction of sp³-hybridized carbons (Fsp3) is 0.333. The topological polar surface area (TPSA) is 94.0 Å². The highest BCUT2D eigenvalue weighted by Gasteiger charge is 2.48. The Bertz CT molecular complexity index is 1430. The second-order valence-electron chi connectivity index (χ2n) is 9.43. The fourth-order valence-corrected chi connectivity index (χ4v) is 5.32. The predicted molar refractivity (Wildman–Crippen MR) is 132 cm³/mol. The molecule has 11 heteroatoms. The number of rotatable bonds is 6. The van der Waals surface area contributed by atoms with Crippen molar-refractivity contribution in [2.45, 2.75) is 30.8 Å². The van der Waals surface area contributed by atoms with E-state index in [9.17, 15) is 18.8 Å². The van der Waals surface area contributed by atoms with Gasteiger partial charge in [0.1, 0.15) is 0 Å². The van der Waals surface area contributed by atoms with Gasteiger partial charge in [0.25, 0.3) is 5.91 Å². The molecule has 0 aliphatic carbocycles. The molecule has 3 heterocycles. The van der Waals surface area contributed by atoms with Gasteiger partial charge in [0.05, 0.1) is 18.3 Å². The molecule has 3 aromatic rings. The molecule has 0 spiro atoms. The average molecular weight is 525 g/mol. The molecule has 0 bridgehead atoms. The number of carbonyl (C=O) groups excluding carboxylic acids is 2. The molecule has 1 saturated heterocycles. The van der Waals surface area contributed by atoms with Crippen molar-refractivity contribution in [2.24, 2.45) is 0 Å². The molecule has 2 amide bonds. The molecule has 0 saturated carbocycles. The zero-order valence-corrected chi connectivity index (χ0v) is 20.8. The first-order valence-electron chi connectivity index (χ1n) is 12.2. The number of hydrogen-bond donors (Lipinski definition) is 0. The fourth-order valence-electron chi connectivity index (χ4n) is 5.32. The maximum Gasteiger partial charge on any atom is 0.412 e. The number of amides is 2. The van der Waals surface area contributed by atoms with Crippen LogP contribution >= 0.6 is 0 Å². The average Bonchev–Trinajstić information content (AvgIpc) is 3.40. The van der Waals surface area contributed by atoms with E-state index in [1.807, 2.05) is 18.2 Å². The SMILES string of the molecule is CN(C)C(=O)OCOc1c2n(ncc1=O)[C@@H]([C@H](c1ccccc1)c1cccc(F)c1F)[C@H]1CCCN1C2=O. The Morgan fingerprint density at radius 3 is 2.63 bits per heavy atom. The summed E-state index contributed by atoms with van der Waals surface area (Å²) in [6.07, 6.45) is 1.62. The first kappa shape index (κ1) is 25.4. The molecule has 5 rings (SSSR count). The summed E-state index contributed by atoms with van der Waals surface area (Å²) in [6, 6.07) is 12.0. The number of carbonyl (C=O) groups is 2. The smallest absolute Gasteiger partial charge is 0.412 e. The summed E-state index contributed by atoms with van der Waals surface area (Å²) in [7, 11) is 2.98. The van der Waals surface area contributed by atoms with Gasteiger partial charge in [-0.2, -0.15) is 5.10 Å². The summed E-state index contributed by atoms with van der Waals surface area (Å²) >= 11 is 0. The molecule has 0 N–H and O–H groups in total.